The molecule has 0 saturated heterocycles. The van der Waals surface area contributed by atoms with Crippen molar-refractivity contribution < 1.29 is 10.2 Å². The molecule has 0 heterocycles. The number of rotatable bonds is 3. The van der Waals surface area contributed by atoms with Crippen LogP contribution in [0.2, 0.25) is 0 Å². The molecule has 0 aromatic heterocycles. The molecule has 1 unspecified atom stereocenters. The molecule has 2 nitrogen and oxygen atoms in total. The van der Waals surface area contributed by atoms with Gasteiger partial charge in [0.05, 0.1) is 6.10 Å². The molecule has 8 heavy (non-hydrogen) atoms. The van der Waals surface area contributed by atoms with E-state index in [2.05, 4.69) is 0 Å². The van der Waals surface area contributed by atoms with Crippen molar-refractivity contribution >= 4 is 0 Å². The van der Waals surface area contributed by atoms with Gasteiger partial charge in [-0.05, 0) is 13.3 Å². The van der Waals surface area contributed by atoms with E-state index in [1.807, 2.05) is 6.92 Å². The Bertz CT molecular complexity index is 52.5. The van der Waals surface area contributed by atoms with E-state index in [4.69, 9.17) is 10.2 Å². The second-order valence-electron chi connectivity index (χ2n) is 1.92. The number of aliphatic hydroxyl groups is 2. The summed E-state index contributed by atoms with van der Waals surface area (Å²) in [5.41, 5.74) is 0. The number of hydrogen-bond donors (Lipinski definition) is 2. The predicted molar refractivity (Wildman–Crippen MR) is 31.8 cm³/mol. The van der Waals surface area contributed by atoms with E-state index >= 15 is 0 Å². The zero-order valence-electron chi connectivity index (χ0n) is 5.39. The van der Waals surface area contributed by atoms with Gasteiger partial charge in [0.1, 0.15) is 6.10 Å². The fourth-order valence-corrected chi connectivity index (χ4v) is 0.465. The van der Waals surface area contributed by atoms with E-state index in [1.54, 1.807) is 6.92 Å². The van der Waals surface area contributed by atoms with E-state index in [1.165, 1.54) is 0 Å². The fourth-order valence-electron chi connectivity index (χ4n) is 0.465. The molecule has 2 heteroatoms. The number of hydrogen-bond acceptors (Lipinski definition) is 2. The van der Waals surface area contributed by atoms with Crippen LogP contribution in [0.1, 0.15) is 26.7 Å². The highest BCUT2D eigenvalue weighted by Gasteiger charge is 2.09. The first kappa shape index (κ1) is 7.92. The van der Waals surface area contributed by atoms with Crippen LogP contribution in [0.25, 0.3) is 0 Å². The highest BCUT2D eigenvalue weighted by Crippen LogP contribution is 2.08. The number of aliphatic hydroxyl groups excluding tert-OH is 2. The summed E-state index contributed by atoms with van der Waals surface area (Å²) < 4.78 is 0. The summed E-state index contributed by atoms with van der Waals surface area (Å²) in [4.78, 5) is 0. The zero-order valence-corrected chi connectivity index (χ0v) is 5.39. The minimum atomic E-state index is -0.657. The quantitative estimate of drug-likeness (QED) is 0.580. The predicted octanol–water partition coefficient (Wildman–Crippen LogP) is 1.07. The first-order valence-corrected chi connectivity index (χ1v) is 2.91. The SMILES string of the molecule is CCC[C](O)C(C)O. The largest absolute Gasteiger partial charge is 0.390 e. The van der Waals surface area contributed by atoms with Crippen molar-refractivity contribution in [3.63, 3.8) is 0 Å². The van der Waals surface area contributed by atoms with E-state index in [0.29, 0.717) is 6.42 Å². The lowest BCUT2D eigenvalue weighted by molar-refractivity contribution is 0.105. The van der Waals surface area contributed by atoms with Gasteiger partial charge in [-0.2, -0.15) is 0 Å². The summed E-state index contributed by atoms with van der Waals surface area (Å²) in [6.45, 7) is 3.52. The molecule has 0 rings (SSSR count). The van der Waals surface area contributed by atoms with E-state index < -0.39 is 6.10 Å². The second-order valence-corrected chi connectivity index (χ2v) is 1.92. The van der Waals surface area contributed by atoms with Gasteiger partial charge in [-0.15, -0.1) is 0 Å². The molecule has 0 aromatic rings. The Balaban J connectivity index is 3.17. The van der Waals surface area contributed by atoms with Crippen molar-refractivity contribution in [2.75, 3.05) is 0 Å². The minimum Gasteiger partial charge on any atom is -0.390 e. The average Bonchev–Trinajstić information content (AvgIpc) is 1.67. The first-order valence-electron chi connectivity index (χ1n) is 2.91. The highest BCUT2D eigenvalue weighted by molar-refractivity contribution is 4.80. The van der Waals surface area contributed by atoms with Gasteiger partial charge in [0.15, 0.2) is 0 Å². The highest BCUT2D eigenvalue weighted by atomic mass is 16.3. The normalized spacial score (nSPS) is 14.6. The summed E-state index contributed by atoms with van der Waals surface area (Å²) in [5.74, 6) is 0. The molecule has 0 saturated carbocycles. The zero-order chi connectivity index (χ0) is 6.57. The molecule has 0 bridgehead atoms. The van der Waals surface area contributed by atoms with Crippen LogP contribution in [0, 0.1) is 6.10 Å². The molecule has 0 spiro atoms. The van der Waals surface area contributed by atoms with Crippen LogP contribution >= 0.6 is 0 Å². The lowest BCUT2D eigenvalue weighted by Gasteiger charge is -2.09. The Morgan fingerprint density at radius 3 is 2.25 bits per heavy atom. The summed E-state index contributed by atoms with van der Waals surface area (Å²) in [6.07, 6.45) is 1.02. The summed E-state index contributed by atoms with van der Waals surface area (Å²) >= 11 is 0. The van der Waals surface area contributed by atoms with Gasteiger partial charge in [-0.1, -0.05) is 13.3 Å². The van der Waals surface area contributed by atoms with Gasteiger partial charge < -0.3 is 10.2 Å². The van der Waals surface area contributed by atoms with Crippen LogP contribution in [-0.2, 0) is 0 Å². The molecule has 2 N–H and O–H groups in total. The smallest absolute Gasteiger partial charge is 0.121 e. The van der Waals surface area contributed by atoms with Crippen molar-refractivity contribution in [1.82, 2.24) is 0 Å². The van der Waals surface area contributed by atoms with E-state index in [0.717, 1.165) is 6.42 Å². The summed E-state index contributed by atoms with van der Waals surface area (Å²) in [7, 11) is 0. The molecule has 0 aliphatic carbocycles. The monoisotopic (exact) mass is 117 g/mol. The standard InChI is InChI=1S/C6H13O2/c1-3-4-6(8)5(2)7/h5,7-8H,3-4H2,1-2H3. The first-order chi connectivity index (χ1) is 3.68. The maximum Gasteiger partial charge on any atom is 0.121 e. The van der Waals surface area contributed by atoms with Crippen molar-refractivity contribution in [2.45, 2.75) is 32.8 Å². The Kier molecular flexibility index (Phi) is 3.83. The van der Waals surface area contributed by atoms with Gasteiger partial charge in [0, 0.05) is 0 Å². The minimum absolute atomic E-state index is 0.188. The molecule has 0 aliphatic heterocycles. The topological polar surface area (TPSA) is 40.5 Å². The lowest BCUT2D eigenvalue weighted by Crippen LogP contribution is -2.12. The molecular formula is C6H13O2. The molecular weight excluding hydrogens is 104 g/mol. The van der Waals surface area contributed by atoms with Crippen molar-refractivity contribution in [3.05, 3.63) is 6.10 Å². The van der Waals surface area contributed by atoms with Gasteiger partial charge in [-0.3, -0.25) is 0 Å². The van der Waals surface area contributed by atoms with Gasteiger partial charge >= 0.3 is 0 Å². The van der Waals surface area contributed by atoms with E-state index in [-0.39, 0.29) is 6.10 Å². The lowest BCUT2D eigenvalue weighted by atomic mass is 10.1. The summed E-state index contributed by atoms with van der Waals surface area (Å²) in [6, 6.07) is 0. The van der Waals surface area contributed by atoms with Crippen molar-refractivity contribution in [3.8, 4) is 0 Å². The maximum atomic E-state index is 8.79. The third-order valence-corrected chi connectivity index (χ3v) is 0.988. The third kappa shape index (κ3) is 2.99. The van der Waals surface area contributed by atoms with Crippen LogP contribution in [0.4, 0.5) is 0 Å². The van der Waals surface area contributed by atoms with Crippen LogP contribution in [0.5, 0.6) is 0 Å². The van der Waals surface area contributed by atoms with Crippen LogP contribution < -0.4 is 0 Å². The van der Waals surface area contributed by atoms with Crippen LogP contribution in [0.3, 0.4) is 0 Å². The average molecular weight is 117 g/mol. The molecule has 1 radical (unpaired) electrons. The van der Waals surface area contributed by atoms with E-state index in [9.17, 15) is 0 Å². The molecule has 0 fully saturated rings. The summed E-state index contributed by atoms with van der Waals surface area (Å²) in [5, 5.41) is 17.5. The fraction of sp³-hybridized carbons (Fsp3) is 0.833. The Morgan fingerprint density at radius 1 is 1.62 bits per heavy atom. The maximum absolute atomic E-state index is 8.79. The molecule has 0 aromatic carbocycles. The van der Waals surface area contributed by atoms with Crippen LogP contribution in [0.15, 0.2) is 0 Å². The molecule has 0 aliphatic rings. The van der Waals surface area contributed by atoms with Crippen molar-refractivity contribution in [1.29, 1.82) is 0 Å². The molecule has 49 valence electrons. The van der Waals surface area contributed by atoms with Gasteiger partial charge in [0.2, 0.25) is 0 Å². The third-order valence-electron chi connectivity index (χ3n) is 0.988. The van der Waals surface area contributed by atoms with Crippen molar-refractivity contribution in [2.24, 2.45) is 0 Å². The molecule has 1 atom stereocenters. The Morgan fingerprint density at radius 2 is 2.12 bits per heavy atom. The Labute approximate surface area is 50.2 Å². The van der Waals surface area contributed by atoms with Gasteiger partial charge in [-0.25, -0.2) is 0 Å². The van der Waals surface area contributed by atoms with Crippen LogP contribution in [-0.4, -0.2) is 16.3 Å². The Hall–Kier alpha value is -0.0800. The van der Waals surface area contributed by atoms with Gasteiger partial charge in [0.25, 0.3) is 0 Å². The second kappa shape index (κ2) is 3.87. The molecule has 0 amide bonds.